The van der Waals surface area contributed by atoms with Crippen LogP contribution in [0.1, 0.15) is 52.4 Å². The lowest BCUT2D eigenvalue weighted by Gasteiger charge is -2.32. The highest BCUT2D eigenvalue weighted by Gasteiger charge is 2.54. The Morgan fingerprint density at radius 2 is 1.67 bits per heavy atom. The third kappa shape index (κ3) is 4.62. The fraction of sp³-hybridized carbons (Fsp3) is 0.579. The van der Waals surface area contributed by atoms with Gasteiger partial charge in [0.25, 0.3) is 0 Å². The highest BCUT2D eigenvalue weighted by atomic mass is 16.7. The average molecular weight is 378 g/mol. The lowest BCUT2D eigenvalue weighted by molar-refractivity contribution is -0.140. The van der Waals surface area contributed by atoms with Crippen LogP contribution in [-0.2, 0) is 23.6 Å². The van der Waals surface area contributed by atoms with Gasteiger partial charge in [-0.2, -0.15) is 0 Å². The molecule has 1 aliphatic rings. The molecule has 1 aromatic carbocycles. The molecular weight excluding hydrogens is 351 g/mol. The molecule has 0 N–H and O–H groups in total. The Morgan fingerprint density at radius 3 is 2.15 bits per heavy atom. The van der Waals surface area contributed by atoms with Crippen LogP contribution in [0.25, 0.3) is 0 Å². The number of carbonyl (C=O) groups is 2. The van der Waals surface area contributed by atoms with Gasteiger partial charge in [0.15, 0.2) is 11.5 Å². The first-order chi connectivity index (χ1) is 12.5. The van der Waals surface area contributed by atoms with E-state index in [1.165, 1.54) is 21.1 Å². The Labute approximate surface area is 160 Å². The summed E-state index contributed by atoms with van der Waals surface area (Å²) in [6, 6.07) is 5.11. The van der Waals surface area contributed by atoms with Gasteiger partial charge >= 0.3 is 19.1 Å². The van der Waals surface area contributed by atoms with E-state index in [1.54, 1.807) is 18.2 Å². The van der Waals surface area contributed by atoms with Crippen molar-refractivity contribution in [3.05, 3.63) is 23.8 Å². The third-order valence-corrected chi connectivity index (χ3v) is 5.08. The molecule has 0 aromatic heterocycles. The lowest BCUT2D eigenvalue weighted by atomic mass is 9.66. The standard InChI is InChI=1S/C19H27BO7/c1-12(21)25-15-9-8-13(10-16(15)23-6)14(11-17(22)24-7)20-26-18(2,3)19(4,5)27-20/h8-10,14H,11H2,1-7H3. The summed E-state index contributed by atoms with van der Waals surface area (Å²) in [5, 5.41) is 0. The molecule has 0 radical (unpaired) electrons. The summed E-state index contributed by atoms with van der Waals surface area (Å²) in [6.45, 7) is 9.12. The molecule has 2 rings (SSSR count). The largest absolute Gasteiger partial charge is 0.493 e. The average Bonchev–Trinajstić information content (AvgIpc) is 2.80. The first kappa shape index (κ1) is 21.2. The monoisotopic (exact) mass is 378 g/mol. The van der Waals surface area contributed by atoms with E-state index in [9.17, 15) is 9.59 Å². The van der Waals surface area contributed by atoms with Crippen LogP contribution in [0.5, 0.6) is 11.5 Å². The van der Waals surface area contributed by atoms with Crippen LogP contribution in [0, 0.1) is 0 Å². The Balaban J connectivity index is 2.40. The molecule has 8 heteroatoms. The van der Waals surface area contributed by atoms with E-state index in [0.717, 1.165) is 5.56 Å². The Morgan fingerprint density at radius 1 is 1.07 bits per heavy atom. The number of rotatable bonds is 6. The molecule has 0 amide bonds. The topological polar surface area (TPSA) is 80.3 Å². The van der Waals surface area contributed by atoms with Crippen molar-refractivity contribution in [3.8, 4) is 11.5 Å². The molecular formula is C19H27BO7. The van der Waals surface area contributed by atoms with Crippen LogP contribution >= 0.6 is 0 Å². The zero-order chi connectivity index (χ0) is 20.4. The van der Waals surface area contributed by atoms with Gasteiger partial charge in [0.1, 0.15) is 0 Å². The van der Waals surface area contributed by atoms with E-state index in [2.05, 4.69) is 0 Å². The molecule has 1 heterocycles. The molecule has 7 nitrogen and oxygen atoms in total. The predicted octanol–water partition coefficient (Wildman–Crippen LogP) is 2.90. The maximum atomic E-state index is 12.0. The van der Waals surface area contributed by atoms with Crippen LogP contribution < -0.4 is 9.47 Å². The van der Waals surface area contributed by atoms with Crippen molar-refractivity contribution in [1.29, 1.82) is 0 Å². The Kier molecular flexibility index (Phi) is 6.22. The Bertz CT molecular complexity index is 698. The first-order valence-electron chi connectivity index (χ1n) is 8.79. The third-order valence-electron chi connectivity index (χ3n) is 5.08. The second-order valence-electron chi connectivity index (χ2n) is 7.52. The minimum Gasteiger partial charge on any atom is -0.493 e. The molecule has 1 fully saturated rings. The van der Waals surface area contributed by atoms with E-state index in [0.29, 0.717) is 11.5 Å². The van der Waals surface area contributed by atoms with E-state index in [1.807, 2.05) is 27.7 Å². The van der Waals surface area contributed by atoms with Crippen molar-refractivity contribution in [3.63, 3.8) is 0 Å². The maximum absolute atomic E-state index is 12.0. The van der Waals surface area contributed by atoms with E-state index < -0.39 is 30.1 Å². The van der Waals surface area contributed by atoms with Gasteiger partial charge in [-0.15, -0.1) is 0 Å². The highest BCUT2D eigenvalue weighted by molar-refractivity contribution is 6.48. The van der Waals surface area contributed by atoms with Crippen LogP contribution in [0.2, 0.25) is 0 Å². The van der Waals surface area contributed by atoms with Gasteiger partial charge in [-0.3, -0.25) is 9.59 Å². The molecule has 1 unspecified atom stereocenters. The summed E-state index contributed by atoms with van der Waals surface area (Å²) in [5.41, 5.74) is -0.312. The van der Waals surface area contributed by atoms with Gasteiger partial charge in [0.05, 0.1) is 31.8 Å². The van der Waals surface area contributed by atoms with Crippen molar-refractivity contribution in [2.75, 3.05) is 14.2 Å². The van der Waals surface area contributed by atoms with Crippen LogP contribution in [-0.4, -0.2) is 44.5 Å². The van der Waals surface area contributed by atoms with E-state index >= 15 is 0 Å². The quantitative estimate of drug-likeness (QED) is 0.428. The second kappa shape index (κ2) is 7.90. The molecule has 0 spiro atoms. The molecule has 0 saturated carbocycles. The van der Waals surface area contributed by atoms with Crippen LogP contribution in [0.3, 0.4) is 0 Å². The zero-order valence-corrected chi connectivity index (χ0v) is 17.0. The van der Waals surface area contributed by atoms with Gasteiger partial charge in [0.2, 0.25) is 0 Å². The molecule has 0 bridgehead atoms. The van der Waals surface area contributed by atoms with Gasteiger partial charge < -0.3 is 23.5 Å². The fourth-order valence-electron chi connectivity index (χ4n) is 2.84. The minimum absolute atomic E-state index is 0.0728. The molecule has 27 heavy (non-hydrogen) atoms. The minimum atomic E-state index is -0.640. The number of carbonyl (C=O) groups excluding carboxylic acids is 2. The van der Waals surface area contributed by atoms with Crippen LogP contribution in [0.15, 0.2) is 18.2 Å². The van der Waals surface area contributed by atoms with Crippen molar-refractivity contribution >= 4 is 19.1 Å². The van der Waals surface area contributed by atoms with E-state index in [-0.39, 0.29) is 12.4 Å². The summed E-state index contributed by atoms with van der Waals surface area (Å²) < 4.78 is 27.6. The van der Waals surface area contributed by atoms with Crippen LogP contribution in [0.4, 0.5) is 0 Å². The van der Waals surface area contributed by atoms with Gasteiger partial charge in [-0.1, -0.05) is 6.07 Å². The number of hydrogen-bond donors (Lipinski definition) is 0. The second-order valence-corrected chi connectivity index (χ2v) is 7.52. The zero-order valence-electron chi connectivity index (χ0n) is 17.0. The van der Waals surface area contributed by atoms with Crippen molar-refractivity contribution in [1.82, 2.24) is 0 Å². The van der Waals surface area contributed by atoms with Gasteiger partial charge in [-0.25, -0.2) is 0 Å². The van der Waals surface area contributed by atoms with Crippen molar-refractivity contribution in [2.24, 2.45) is 0 Å². The smallest absolute Gasteiger partial charge is 0.466 e. The molecule has 1 atom stereocenters. The van der Waals surface area contributed by atoms with Crippen molar-refractivity contribution < 1.29 is 33.1 Å². The number of ether oxygens (including phenoxy) is 3. The first-order valence-corrected chi connectivity index (χ1v) is 8.79. The molecule has 1 aliphatic heterocycles. The SMILES string of the molecule is COC(=O)CC(B1OC(C)(C)C(C)(C)O1)c1ccc(OC(C)=O)c(OC)c1. The molecule has 148 valence electrons. The normalized spacial score (nSPS) is 18.7. The molecule has 1 aromatic rings. The van der Waals surface area contributed by atoms with Gasteiger partial charge in [-0.05, 0) is 45.4 Å². The number of methoxy groups -OCH3 is 2. The van der Waals surface area contributed by atoms with Gasteiger partial charge in [0, 0.05) is 12.7 Å². The molecule has 0 aliphatic carbocycles. The number of esters is 2. The van der Waals surface area contributed by atoms with Crippen molar-refractivity contribution in [2.45, 2.75) is 58.1 Å². The van der Waals surface area contributed by atoms with E-state index in [4.69, 9.17) is 23.5 Å². The summed E-state index contributed by atoms with van der Waals surface area (Å²) in [4.78, 5) is 23.3. The number of hydrogen-bond acceptors (Lipinski definition) is 7. The summed E-state index contributed by atoms with van der Waals surface area (Å²) in [5.74, 6) is -0.553. The summed E-state index contributed by atoms with van der Waals surface area (Å²) >= 11 is 0. The fourth-order valence-corrected chi connectivity index (χ4v) is 2.84. The maximum Gasteiger partial charge on any atom is 0.466 e. The lowest BCUT2D eigenvalue weighted by Crippen LogP contribution is -2.41. The predicted molar refractivity (Wildman–Crippen MR) is 99.8 cm³/mol. The number of benzene rings is 1. The highest BCUT2D eigenvalue weighted by Crippen LogP contribution is 2.43. The summed E-state index contributed by atoms with van der Waals surface area (Å²) in [6.07, 6.45) is 0.0728. The summed E-state index contributed by atoms with van der Waals surface area (Å²) in [7, 11) is 2.18. The molecule has 1 saturated heterocycles. The Hall–Kier alpha value is -2.06.